The van der Waals surface area contributed by atoms with E-state index < -0.39 is 23.8 Å². The maximum absolute atomic E-state index is 12.2. The zero-order chi connectivity index (χ0) is 23.9. The first kappa shape index (κ1) is 28.4. The van der Waals surface area contributed by atoms with Crippen LogP contribution in [0.5, 0.6) is 0 Å². The molecular formula is C22H46N2O5SSi. The molecule has 0 radical (unpaired) electrons. The van der Waals surface area contributed by atoms with Gasteiger partial charge in [-0.3, -0.25) is 0 Å². The molecule has 0 aromatic heterocycles. The summed E-state index contributed by atoms with van der Waals surface area (Å²) in [5.74, 6) is 0.376. The van der Waals surface area contributed by atoms with Crippen LogP contribution >= 0.6 is 0 Å². The first-order valence-electron chi connectivity index (χ1n) is 11.6. The van der Waals surface area contributed by atoms with Crippen molar-refractivity contribution in [1.29, 1.82) is 0 Å². The summed E-state index contributed by atoms with van der Waals surface area (Å²) in [5, 5.41) is 6.34. The van der Waals surface area contributed by atoms with Crippen LogP contribution in [0.4, 0.5) is 4.79 Å². The normalized spacial score (nSPS) is 22.2. The molecule has 0 bridgehead atoms. The summed E-state index contributed by atoms with van der Waals surface area (Å²) in [6, 6.07) is -0.137. The molecule has 1 saturated heterocycles. The third-order valence-electron chi connectivity index (χ3n) is 6.03. The molecule has 9 heteroatoms. The molecule has 0 aromatic rings. The molecule has 0 spiro atoms. The van der Waals surface area contributed by atoms with Crippen molar-refractivity contribution in [1.82, 2.24) is 10.6 Å². The number of amides is 1. The molecule has 1 aliphatic heterocycles. The van der Waals surface area contributed by atoms with E-state index in [4.69, 9.17) is 9.16 Å². The average Bonchev–Trinajstić information content (AvgIpc) is 2.56. The highest BCUT2D eigenvalue weighted by Crippen LogP contribution is 2.38. The lowest BCUT2D eigenvalue weighted by molar-refractivity contribution is 0.0527. The fourth-order valence-corrected chi connectivity index (χ4v) is 6.27. The molecule has 0 aliphatic carbocycles. The third kappa shape index (κ3) is 11.2. The summed E-state index contributed by atoms with van der Waals surface area (Å²) in [7, 11) is -4.96. The minimum atomic E-state index is -3.01. The van der Waals surface area contributed by atoms with Crippen molar-refractivity contribution < 1.29 is 22.4 Å². The Bertz CT molecular complexity index is 668. The van der Waals surface area contributed by atoms with E-state index in [1.807, 2.05) is 20.8 Å². The second kappa shape index (κ2) is 11.5. The standard InChI is InChI=1S/C22H46N2O5SSi/c1-21(2,3)28-20(25)24-15-12-10-9-11-14-23-18-17-30(26,27)16-13-19(18)29-31(7,8)22(4,5)6/h18-19,23H,9-17H2,1-8H3,(H,24,25)/t18-,19+/m1/s1. The van der Waals surface area contributed by atoms with E-state index in [1.54, 1.807) is 0 Å². The number of alkyl carbamates (subject to hydrolysis) is 1. The van der Waals surface area contributed by atoms with Gasteiger partial charge in [-0.05, 0) is 64.7 Å². The molecule has 7 nitrogen and oxygen atoms in total. The van der Waals surface area contributed by atoms with Crippen molar-refractivity contribution in [3.8, 4) is 0 Å². The number of unbranched alkanes of at least 4 members (excludes halogenated alkanes) is 3. The van der Waals surface area contributed by atoms with Crippen molar-refractivity contribution >= 4 is 24.2 Å². The van der Waals surface area contributed by atoms with Crippen LogP contribution in [0.25, 0.3) is 0 Å². The van der Waals surface area contributed by atoms with Gasteiger partial charge in [-0.15, -0.1) is 0 Å². The van der Waals surface area contributed by atoms with Gasteiger partial charge in [0, 0.05) is 12.6 Å². The summed E-state index contributed by atoms with van der Waals surface area (Å²) in [4.78, 5) is 11.6. The van der Waals surface area contributed by atoms with Crippen molar-refractivity contribution in [2.75, 3.05) is 24.6 Å². The summed E-state index contributed by atoms with van der Waals surface area (Å²) >= 11 is 0. The van der Waals surface area contributed by atoms with E-state index in [-0.39, 0.29) is 34.8 Å². The van der Waals surface area contributed by atoms with E-state index in [0.29, 0.717) is 13.0 Å². The van der Waals surface area contributed by atoms with Gasteiger partial charge in [0.05, 0.1) is 17.6 Å². The largest absolute Gasteiger partial charge is 0.444 e. The summed E-state index contributed by atoms with van der Waals surface area (Å²) in [6.07, 6.45) is 4.05. The van der Waals surface area contributed by atoms with Gasteiger partial charge in [-0.25, -0.2) is 13.2 Å². The Morgan fingerprint density at radius 1 is 1.00 bits per heavy atom. The maximum atomic E-state index is 12.2. The number of rotatable bonds is 10. The fraction of sp³-hybridized carbons (Fsp3) is 0.955. The van der Waals surface area contributed by atoms with Crippen LogP contribution in [-0.2, 0) is 19.0 Å². The van der Waals surface area contributed by atoms with Gasteiger partial charge in [0.1, 0.15) is 5.60 Å². The molecule has 1 aliphatic rings. The maximum Gasteiger partial charge on any atom is 0.407 e. The number of carbonyl (C=O) groups excluding carboxylic acids is 1. The number of hydrogen-bond donors (Lipinski definition) is 2. The molecule has 2 atom stereocenters. The molecule has 1 rings (SSSR count). The molecule has 0 unspecified atom stereocenters. The predicted octanol–water partition coefficient (Wildman–Crippen LogP) is 4.24. The Balaban J connectivity index is 2.36. The first-order chi connectivity index (χ1) is 14.0. The number of hydrogen-bond acceptors (Lipinski definition) is 6. The molecule has 31 heavy (non-hydrogen) atoms. The average molecular weight is 479 g/mol. The highest BCUT2D eigenvalue weighted by molar-refractivity contribution is 7.91. The monoisotopic (exact) mass is 478 g/mol. The molecule has 2 N–H and O–H groups in total. The Kier molecular flexibility index (Phi) is 10.5. The molecule has 0 saturated carbocycles. The Morgan fingerprint density at radius 3 is 2.13 bits per heavy atom. The van der Waals surface area contributed by atoms with Gasteiger partial charge in [-0.2, -0.15) is 0 Å². The van der Waals surface area contributed by atoms with Gasteiger partial charge in [0.15, 0.2) is 18.2 Å². The minimum Gasteiger partial charge on any atom is -0.444 e. The summed E-state index contributed by atoms with van der Waals surface area (Å²) in [5.41, 5.74) is -0.478. The van der Waals surface area contributed by atoms with Crippen molar-refractivity contribution in [2.24, 2.45) is 0 Å². The quantitative estimate of drug-likeness (QED) is 0.360. The van der Waals surface area contributed by atoms with E-state index in [9.17, 15) is 13.2 Å². The lowest BCUT2D eigenvalue weighted by Crippen LogP contribution is -2.56. The van der Waals surface area contributed by atoms with E-state index in [2.05, 4.69) is 44.5 Å². The van der Waals surface area contributed by atoms with Gasteiger partial charge in [-0.1, -0.05) is 33.6 Å². The molecule has 184 valence electrons. The van der Waals surface area contributed by atoms with Gasteiger partial charge in [0.2, 0.25) is 0 Å². The smallest absolute Gasteiger partial charge is 0.407 e. The van der Waals surface area contributed by atoms with Gasteiger partial charge >= 0.3 is 6.09 Å². The molecular weight excluding hydrogens is 432 g/mol. The summed E-state index contributed by atoms with van der Waals surface area (Å²) < 4.78 is 36.2. The van der Waals surface area contributed by atoms with Crippen molar-refractivity contribution in [3.63, 3.8) is 0 Å². The number of ether oxygens (including phenoxy) is 1. The zero-order valence-corrected chi connectivity index (χ0v) is 22.8. The lowest BCUT2D eigenvalue weighted by Gasteiger charge is -2.43. The molecule has 1 fully saturated rings. The van der Waals surface area contributed by atoms with Crippen LogP contribution < -0.4 is 10.6 Å². The highest BCUT2D eigenvalue weighted by Gasteiger charge is 2.43. The summed E-state index contributed by atoms with van der Waals surface area (Å²) in [6.45, 7) is 18.0. The van der Waals surface area contributed by atoms with Crippen LogP contribution in [0.3, 0.4) is 0 Å². The number of sulfone groups is 1. The van der Waals surface area contributed by atoms with Crippen LogP contribution in [0, 0.1) is 0 Å². The van der Waals surface area contributed by atoms with Crippen LogP contribution in [0.1, 0.15) is 73.6 Å². The van der Waals surface area contributed by atoms with E-state index >= 15 is 0 Å². The van der Waals surface area contributed by atoms with Crippen LogP contribution in [0.2, 0.25) is 18.1 Å². The Hall–Kier alpha value is -0.643. The topological polar surface area (TPSA) is 93.7 Å². The second-order valence-corrected chi connectivity index (χ2v) is 18.2. The third-order valence-corrected chi connectivity index (χ3v) is 12.3. The minimum absolute atomic E-state index is 0.0394. The molecule has 1 heterocycles. The van der Waals surface area contributed by atoms with E-state index in [1.165, 1.54) is 0 Å². The second-order valence-electron chi connectivity index (χ2n) is 11.2. The van der Waals surface area contributed by atoms with Gasteiger partial charge in [0.25, 0.3) is 0 Å². The molecule has 1 amide bonds. The van der Waals surface area contributed by atoms with Gasteiger partial charge < -0.3 is 19.8 Å². The van der Waals surface area contributed by atoms with E-state index in [0.717, 1.165) is 32.2 Å². The van der Waals surface area contributed by atoms with Crippen LogP contribution in [0.15, 0.2) is 0 Å². The number of carbonyl (C=O) groups is 1. The zero-order valence-electron chi connectivity index (χ0n) is 21.0. The lowest BCUT2D eigenvalue weighted by atomic mass is 10.1. The Labute approximate surface area is 191 Å². The molecule has 0 aromatic carbocycles. The highest BCUT2D eigenvalue weighted by atomic mass is 32.2. The van der Waals surface area contributed by atoms with Crippen molar-refractivity contribution in [2.45, 2.75) is 110 Å². The van der Waals surface area contributed by atoms with Crippen molar-refractivity contribution in [3.05, 3.63) is 0 Å². The van der Waals surface area contributed by atoms with Crippen LogP contribution in [-0.4, -0.2) is 65.2 Å². The number of nitrogens with one attached hydrogen (secondary N) is 2. The fourth-order valence-electron chi connectivity index (χ4n) is 3.24. The predicted molar refractivity (Wildman–Crippen MR) is 130 cm³/mol. The Morgan fingerprint density at radius 2 is 1.58 bits per heavy atom. The SMILES string of the molecule is CC(C)(C)OC(=O)NCCCCCCN[C@@H]1CS(=O)(=O)CC[C@@H]1O[Si](C)(C)C(C)(C)C. The first-order valence-corrected chi connectivity index (χ1v) is 16.3.